The predicted octanol–water partition coefficient (Wildman–Crippen LogP) is 5.21. The van der Waals surface area contributed by atoms with E-state index < -0.39 is 5.54 Å². The molecule has 6 nitrogen and oxygen atoms in total. The van der Waals surface area contributed by atoms with Crippen molar-refractivity contribution in [3.8, 4) is 34.5 Å². The maximum Gasteiger partial charge on any atom is 0.213 e. The highest BCUT2D eigenvalue weighted by atomic mass is 16.5. The van der Waals surface area contributed by atoms with Crippen LogP contribution >= 0.6 is 0 Å². The lowest BCUT2D eigenvalue weighted by atomic mass is 10.1. The van der Waals surface area contributed by atoms with Gasteiger partial charge in [-0.05, 0) is 58.0 Å². The van der Waals surface area contributed by atoms with Gasteiger partial charge >= 0.3 is 0 Å². The smallest absolute Gasteiger partial charge is 0.213 e. The van der Waals surface area contributed by atoms with Gasteiger partial charge in [-0.2, -0.15) is 5.26 Å². The number of nitrogens with zero attached hydrogens (tertiary/aromatic N) is 5. The van der Waals surface area contributed by atoms with E-state index >= 15 is 0 Å². The number of hydrogen-bond donors (Lipinski definition) is 0. The number of fused-ring (bicyclic) bond motifs is 1. The zero-order chi connectivity index (χ0) is 21.3. The van der Waals surface area contributed by atoms with Crippen molar-refractivity contribution in [2.75, 3.05) is 0 Å². The minimum Gasteiger partial charge on any atom is -0.475 e. The summed E-state index contributed by atoms with van der Waals surface area (Å²) >= 11 is 0. The molecule has 0 aromatic carbocycles. The molecular formula is C24H23N5O. The van der Waals surface area contributed by atoms with Crippen LogP contribution in [0.2, 0.25) is 0 Å². The molecule has 0 saturated carbocycles. The van der Waals surface area contributed by atoms with Gasteiger partial charge in [0.25, 0.3) is 0 Å². The Morgan fingerprint density at radius 3 is 2.43 bits per heavy atom. The Bertz CT molecular complexity index is 1220. The Kier molecular flexibility index (Phi) is 4.96. The summed E-state index contributed by atoms with van der Waals surface area (Å²) in [5, 5.41) is 10.8. The first-order valence-electron chi connectivity index (χ1n) is 9.87. The van der Waals surface area contributed by atoms with Crippen LogP contribution in [-0.4, -0.2) is 25.6 Å². The number of ether oxygens (including phenoxy) is 1. The quantitative estimate of drug-likeness (QED) is 0.462. The van der Waals surface area contributed by atoms with Crippen molar-refractivity contribution in [1.82, 2.24) is 19.5 Å². The van der Waals surface area contributed by atoms with E-state index in [2.05, 4.69) is 22.1 Å². The monoisotopic (exact) mass is 397 g/mol. The second-order valence-corrected chi connectivity index (χ2v) is 7.94. The van der Waals surface area contributed by atoms with E-state index in [4.69, 9.17) is 9.72 Å². The highest BCUT2D eigenvalue weighted by Crippen LogP contribution is 2.34. The van der Waals surface area contributed by atoms with Crippen molar-refractivity contribution >= 4 is 11.0 Å². The third-order valence-electron chi connectivity index (χ3n) is 4.82. The van der Waals surface area contributed by atoms with Crippen molar-refractivity contribution in [2.24, 2.45) is 0 Å². The molecular weight excluding hydrogens is 374 g/mol. The molecule has 0 aliphatic heterocycles. The third kappa shape index (κ3) is 3.62. The summed E-state index contributed by atoms with van der Waals surface area (Å²) in [5.41, 5.74) is 3.53. The molecule has 6 heteroatoms. The van der Waals surface area contributed by atoms with Gasteiger partial charge in [-0.15, -0.1) is 0 Å². The van der Waals surface area contributed by atoms with Gasteiger partial charge in [-0.25, -0.2) is 9.97 Å². The van der Waals surface area contributed by atoms with Crippen LogP contribution in [0.5, 0.6) is 5.88 Å². The van der Waals surface area contributed by atoms with E-state index in [0.717, 1.165) is 33.5 Å². The van der Waals surface area contributed by atoms with Gasteiger partial charge in [-0.3, -0.25) is 4.98 Å². The Morgan fingerprint density at radius 2 is 1.80 bits per heavy atom. The Balaban J connectivity index is 1.87. The average molecular weight is 397 g/mol. The van der Waals surface area contributed by atoms with Crippen molar-refractivity contribution < 1.29 is 4.74 Å². The van der Waals surface area contributed by atoms with E-state index in [1.807, 2.05) is 68.7 Å². The number of aromatic nitrogens is 4. The molecule has 30 heavy (non-hydrogen) atoms. The first-order chi connectivity index (χ1) is 14.4. The van der Waals surface area contributed by atoms with Crippen LogP contribution in [0.3, 0.4) is 0 Å². The van der Waals surface area contributed by atoms with Crippen LogP contribution in [0.15, 0.2) is 61.1 Å². The number of nitriles is 1. The van der Waals surface area contributed by atoms with Crippen LogP contribution < -0.4 is 4.74 Å². The standard InChI is InChI=1S/C24H23N5O/c1-16(2)30-22-9-8-17(13-27-22)21-12-18-11-19(20-7-5-6-10-26-20)14-28-23(18)29(21)24(3,4)15-25/h5-14,16H,1-4H3. The fraction of sp³-hybridized carbons (Fsp3) is 0.250. The largest absolute Gasteiger partial charge is 0.475 e. The molecule has 0 atom stereocenters. The van der Waals surface area contributed by atoms with Gasteiger partial charge < -0.3 is 9.30 Å². The van der Waals surface area contributed by atoms with E-state index in [0.29, 0.717) is 5.88 Å². The summed E-state index contributed by atoms with van der Waals surface area (Å²) in [5.74, 6) is 0.575. The van der Waals surface area contributed by atoms with Crippen molar-refractivity contribution in [1.29, 1.82) is 5.26 Å². The van der Waals surface area contributed by atoms with Gasteiger partial charge in [0, 0.05) is 41.2 Å². The summed E-state index contributed by atoms with van der Waals surface area (Å²) in [4.78, 5) is 13.6. The molecule has 0 unspecified atom stereocenters. The van der Waals surface area contributed by atoms with Crippen molar-refractivity contribution in [2.45, 2.75) is 39.3 Å². The Morgan fingerprint density at radius 1 is 1.00 bits per heavy atom. The summed E-state index contributed by atoms with van der Waals surface area (Å²) in [6, 6.07) is 16.1. The molecule has 0 fully saturated rings. The molecule has 0 aliphatic carbocycles. The normalized spacial score (nSPS) is 11.6. The summed E-state index contributed by atoms with van der Waals surface area (Å²) < 4.78 is 7.62. The van der Waals surface area contributed by atoms with Crippen LogP contribution in [0.25, 0.3) is 33.5 Å². The Labute approximate surface area is 175 Å². The second kappa shape index (κ2) is 7.60. The third-order valence-corrected chi connectivity index (χ3v) is 4.82. The SMILES string of the molecule is CC(C)Oc1ccc(-c2cc3cc(-c4ccccn4)cnc3n2C(C)(C)C#N)cn1. The first kappa shape index (κ1) is 19.6. The molecule has 0 radical (unpaired) electrons. The fourth-order valence-electron chi connectivity index (χ4n) is 3.44. The first-order valence-corrected chi connectivity index (χ1v) is 9.87. The lowest BCUT2D eigenvalue weighted by Crippen LogP contribution is -2.25. The highest BCUT2D eigenvalue weighted by molar-refractivity contribution is 5.87. The van der Waals surface area contributed by atoms with Gasteiger partial charge in [0.1, 0.15) is 11.2 Å². The summed E-state index contributed by atoms with van der Waals surface area (Å²) in [6.07, 6.45) is 5.40. The topological polar surface area (TPSA) is 76.6 Å². The molecule has 4 aromatic heterocycles. The highest BCUT2D eigenvalue weighted by Gasteiger charge is 2.26. The minimum atomic E-state index is -0.788. The molecule has 0 N–H and O–H groups in total. The molecule has 4 heterocycles. The molecule has 0 saturated heterocycles. The van der Waals surface area contributed by atoms with Crippen LogP contribution in [0, 0.1) is 11.3 Å². The minimum absolute atomic E-state index is 0.0570. The van der Waals surface area contributed by atoms with Crippen LogP contribution in [-0.2, 0) is 5.54 Å². The van der Waals surface area contributed by atoms with Gasteiger partial charge in [0.05, 0.1) is 23.6 Å². The van der Waals surface area contributed by atoms with E-state index in [-0.39, 0.29) is 6.10 Å². The lowest BCUT2D eigenvalue weighted by Gasteiger charge is -2.22. The van der Waals surface area contributed by atoms with E-state index in [1.54, 1.807) is 18.6 Å². The maximum absolute atomic E-state index is 9.83. The molecule has 4 aromatic rings. The second-order valence-electron chi connectivity index (χ2n) is 7.94. The van der Waals surface area contributed by atoms with Crippen LogP contribution in [0.1, 0.15) is 27.7 Å². The fourth-order valence-corrected chi connectivity index (χ4v) is 3.44. The molecule has 0 aliphatic rings. The maximum atomic E-state index is 9.83. The lowest BCUT2D eigenvalue weighted by molar-refractivity contribution is 0.232. The molecule has 150 valence electrons. The number of rotatable bonds is 5. The van der Waals surface area contributed by atoms with Crippen molar-refractivity contribution in [3.63, 3.8) is 0 Å². The molecule has 0 amide bonds. The predicted molar refractivity (Wildman–Crippen MR) is 117 cm³/mol. The van der Waals surface area contributed by atoms with Gasteiger partial charge in [0.15, 0.2) is 0 Å². The number of pyridine rings is 3. The zero-order valence-electron chi connectivity index (χ0n) is 17.5. The van der Waals surface area contributed by atoms with E-state index in [9.17, 15) is 5.26 Å². The summed E-state index contributed by atoms with van der Waals surface area (Å²) in [7, 11) is 0. The zero-order valence-corrected chi connectivity index (χ0v) is 17.5. The molecule has 4 rings (SSSR count). The van der Waals surface area contributed by atoms with Crippen LogP contribution in [0.4, 0.5) is 0 Å². The van der Waals surface area contributed by atoms with E-state index in [1.165, 1.54) is 0 Å². The van der Waals surface area contributed by atoms with Gasteiger partial charge in [-0.1, -0.05) is 6.07 Å². The van der Waals surface area contributed by atoms with Crippen molar-refractivity contribution in [3.05, 3.63) is 61.1 Å². The number of hydrogen-bond acceptors (Lipinski definition) is 5. The summed E-state index contributed by atoms with van der Waals surface area (Å²) in [6.45, 7) is 7.70. The average Bonchev–Trinajstić information content (AvgIpc) is 3.14. The molecule has 0 spiro atoms. The molecule has 0 bridgehead atoms. The Hall–Kier alpha value is -3.72. The van der Waals surface area contributed by atoms with Gasteiger partial charge in [0.2, 0.25) is 5.88 Å².